The average molecular weight is 302 g/mol. The maximum atomic E-state index is 12.3. The van der Waals surface area contributed by atoms with Crippen molar-refractivity contribution >= 4 is 21.8 Å². The normalized spacial score (nSPS) is 13.8. The minimum absolute atomic E-state index is 0.112. The van der Waals surface area contributed by atoms with Crippen molar-refractivity contribution in [1.82, 2.24) is 4.90 Å². The van der Waals surface area contributed by atoms with E-state index in [9.17, 15) is 4.79 Å². The summed E-state index contributed by atoms with van der Waals surface area (Å²) in [6.45, 7) is 1.36. The Bertz CT molecular complexity index is 595. The summed E-state index contributed by atoms with van der Waals surface area (Å²) in [5.41, 5.74) is 3.08. The van der Waals surface area contributed by atoms with Crippen molar-refractivity contribution in [3.63, 3.8) is 0 Å². The molecule has 3 rings (SSSR count). The van der Waals surface area contributed by atoms with Crippen LogP contribution in [0.3, 0.4) is 0 Å². The van der Waals surface area contributed by atoms with Crippen LogP contribution in [-0.4, -0.2) is 10.8 Å². The second-order valence-electron chi connectivity index (χ2n) is 4.42. The number of carbonyl (C=O) groups excluding carboxylic acids is 1. The second kappa shape index (κ2) is 4.58. The summed E-state index contributed by atoms with van der Waals surface area (Å²) >= 11 is 3.45. The van der Waals surface area contributed by atoms with Crippen LogP contribution in [0.5, 0.6) is 0 Å². The van der Waals surface area contributed by atoms with Crippen LogP contribution >= 0.6 is 15.9 Å². The number of amides is 1. The van der Waals surface area contributed by atoms with E-state index in [0.717, 1.165) is 21.2 Å². The predicted octanol–water partition coefficient (Wildman–Crippen LogP) is 3.61. The highest BCUT2D eigenvalue weighted by atomic mass is 79.9. The fourth-order valence-corrected chi connectivity index (χ4v) is 2.88. The third-order valence-corrected chi connectivity index (χ3v) is 3.84. The second-order valence-corrected chi connectivity index (χ2v) is 5.28. The van der Waals surface area contributed by atoms with Crippen LogP contribution in [-0.2, 0) is 13.1 Å². The zero-order valence-electron chi connectivity index (χ0n) is 9.77. The molecule has 1 amide bonds. The van der Waals surface area contributed by atoms with Crippen molar-refractivity contribution in [2.45, 2.75) is 13.1 Å². The van der Waals surface area contributed by atoms with E-state index in [-0.39, 0.29) is 5.91 Å². The van der Waals surface area contributed by atoms with E-state index < -0.39 is 0 Å². The number of rotatable bonds is 2. The molecular weight excluding hydrogens is 290 g/mol. The maximum Gasteiger partial charge on any atom is 0.255 e. The molecular formula is C15H12BrNO. The van der Waals surface area contributed by atoms with Crippen LogP contribution in [0, 0.1) is 0 Å². The number of hydrogen-bond acceptors (Lipinski definition) is 1. The molecule has 18 heavy (non-hydrogen) atoms. The summed E-state index contributed by atoms with van der Waals surface area (Å²) < 4.78 is 0.889. The molecule has 0 unspecified atom stereocenters. The van der Waals surface area contributed by atoms with E-state index in [1.54, 1.807) is 0 Å². The lowest BCUT2D eigenvalue weighted by Gasteiger charge is -2.15. The van der Waals surface area contributed by atoms with Crippen LogP contribution in [0.25, 0.3) is 0 Å². The highest BCUT2D eigenvalue weighted by Crippen LogP contribution is 2.30. The molecule has 0 saturated heterocycles. The van der Waals surface area contributed by atoms with Gasteiger partial charge in [-0.3, -0.25) is 4.79 Å². The molecule has 1 heterocycles. The van der Waals surface area contributed by atoms with Crippen molar-refractivity contribution in [3.05, 3.63) is 69.7 Å². The zero-order chi connectivity index (χ0) is 12.5. The van der Waals surface area contributed by atoms with Crippen LogP contribution in [0.15, 0.2) is 53.0 Å². The Morgan fingerprint density at radius 1 is 1.06 bits per heavy atom. The number of carbonyl (C=O) groups is 1. The van der Waals surface area contributed by atoms with E-state index in [1.165, 1.54) is 0 Å². The Morgan fingerprint density at radius 2 is 1.83 bits per heavy atom. The van der Waals surface area contributed by atoms with Gasteiger partial charge < -0.3 is 4.90 Å². The predicted molar refractivity (Wildman–Crippen MR) is 74.2 cm³/mol. The SMILES string of the molecule is O=C1c2c(Br)cccc2CN1Cc1ccccc1. The molecule has 1 aliphatic heterocycles. The monoisotopic (exact) mass is 301 g/mol. The third-order valence-electron chi connectivity index (χ3n) is 3.18. The first-order chi connectivity index (χ1) is 8.75. The van der Waals surface area contributed by atoms with Gasteiger partial charge in [-0.1, -0.05) is 42.5 Å². The van der Waals surface area contributed by atoms with E-state index in [1.807, 2.05) is 53.4 Å². The Morgan fingerprint density at radius 3 is 2.56 bits per heavy atom. The number of halogens is 1. The van der Waals surface area contributed by atoms with Crippen molar-refractivity contribution < 1.29 is 4.79 Å². The molecule has 0 fully saturated rings. The molecule has 3 heteroatoms. The molecule has 0 atom stereocenters. The van der Waals surface area contributed by atoms with Gasteiger partial charge in [-0.2, -0.15) is 0 Å². The summed E-state index contributed by atoms with van der Waals surface area (Å²) in [4.78, 5) is 14.2. The highest BCUT2D eigenvalue weighted by Gasteiger charge is 2.28. The van der Waals surface area contributed by atoms with Gasteiger partial charge in [-0.15, -0.1) is 0 Å². The zero-order valence-corrected chi connectivity index (χ0v) is 11.4. The summed E-state index contributed by atoms with van der Waals surface area (Å²) in [7, 11) is 0. The topological polar surface area (TPSA) is 20.3 Å². The molecule has 0 aliphatic carbocycles. The number of fused-ring (bicyclic) bond motifs is 1. The summed E-state index contributed by atoms with van der Waals surface area (Å²) in [6.07, 6.45) is 0. The van der Waals surface area contributed by atoms with Gasteiger partial charge in [0.1, 0.15) is 0 Å². The third kappa shape index (κ3) is 1.95. The van der Waals surface area contributed by atoms with Gasteiger partial charge in [-0.05, 0) is 33.1 Å². The standard InChI is InChI=1S/C15H12BrNO/c16-13-8-4-7-12-10-17(15(18)14(12)13)9-11-5-2-1-3-6-11/h1-8H,9-10H2. The van der Waals surface area contributed by atoms with Crippen molar-refractivity contribution in [2.24, 2.45) is 0 Å². The summed E-state index contributed by atoms with van der Waals surface area (Å²) in [5.74, 6) is 0.112. The minimum atomic E-state index is 0.112. The highest BCUT2D eigenvalue weighted by molar-refractivity contribution is 9.10. The molecule has 2 nitrogen and oxygen atoms in total. The van der Waals surface area contributed by atoms with E-state index in [2.05, 4.69) is 15.9 Å². The van der Waals surface area contributed by atoms with Gasteiger partial charge in [0.2, 0.25) is 0 Å². The quantitative estimate of drug-likeness (QED) is 0.830. The first kappa shape index (κ1) is 11.5. The molecule has 0 saturated carbocycles. The summed E-state index contributed by atoms with van der Waals surface area (Å²) in [5, 5.41) is 0. The van der Waals surface area contributed by atoms with Crippen LogP contribution < -0.4 is 0 Å². The van der Waals surface area contributed by atoms with E-state index in [0.29, 0.717) is 13.1 Å². The fourth-order valence-electron chi connectivity index (χ4n) is 2.31. The number of nitrogens with zero attached hydrogens (tertiary/aromatic N) is 1. The minimum Gasteiger partial charge on any atom is -0.330 e. The maximum absolute atomic E-state index is 12.3. The lowest BCUT2D eigenvalue weighted by molar-refractivity contribution is 0.0766. The van der Waals surface area contributed by atoms with Gasteiger partial charge in [0.05, 0.1) is 5.56 Å². The smallest absolute Gasteiger partial charge is 0.255 e. The van der Waals surface area contributed by atoms with Gasteiger partial charge in [-0.25, -0.2) is 0 Å². The molecule has 2 aromatic rings. The Labute approximate surface area is 114 Å². The van der Waals surface area contributed by atoms with Crippen molar-refractivity contribution in [1.29, 1.82) is 0 Å². The Balaban J connectivity index is 1.87. The number of hydrogen-bond donors (Lipinski definition) is 0. The van der Waals surface area contributed by atoms with Crippen molar-refractivity contribution in [3.8, 4) is 0 Å². The molecule has 0 aromatic heterocycles. The van der Waals surface area contributed by atoms with Gasteiger partial charge in [0.15, 0.2) is 0 Å². The Hall–Kier alpha value is -1.61. The molecule has 0 spiro atoms. The van der Waals surface area contributed by atoms with Crippen molar-refractivity contribution in [2.75, 3.05) is 0 Å². The van der Waals surface area contributed by atoms with E-state index >= 15 is 0 Å². The van der Waals surface area contributed by atoms with E-state index in [4.69, 9.17) is 0 Å². The fraction of sp³-hybridized carbons (Fsp3) is 0.133. The molecule has 90 valence electrons. The molecule has 0 bridgehead atoms. The first-order valence-electron chi connectivity index (χ1n) is 5.86. The van der Waals surface area contributed by atoms with Crippen LogP contribution in [0.2, 0.25) is 0 Å². The van der Waals surface area contributed by atoms with Crippen LogP contribution in [0.4, 0.5) is 0 Å². The largest absolute Gasteiger partial charge is 0.330 e. The van der Waals surface area contributed by atoms with Crippen LogP contribution in [0.1, 0.15) is 21.5 Å². The first-order valence-corrected chi connectivity index (χ1v) is 6.65. The number of benzene rings is 2. The lowest BCUT2D eigenvalue weighted by Crippen LogP contribution is -2.23. The molecule has 0 radical (unpaired) electrons. The van der Waals surface area contributed by atoms with Gasteiger partial charge in [0, 0.05) is 17.6 Å². The van der Waals surface area contributed by atoms with Gasteiger partial charge in [0.25, 0.3) is 5.91 Å². The summed E-state index contributed by atoms with van der Waals surface area (Å²) in [6, 6.07) is 16.0. The average Bonchev–Trinajstić information content (AvgIpc) is 2.69. The molecule has 2 aromatic carbocycles. The Kier molecular flexibility index (Phi) is 2.92. The molecule has 0 N–H and O–H groups in total. The van der Waals surface area contributed by atoms with Gasteiger partial charge >= 0.3 is 0 Å². The molecule has 1 aliphatic rings. The lowest BCUT2D eigenvalue weighted by atomic mass is 10.1.